The molecule has 1 nitrogen and oxygen atoms in total. The number of hydrogen-bond acceptors (Lipinski definition) is 1. The number of halogens is 1. The Morgan fingerprint density at radius 3 is 2.30 bits per heavy atom. The minimum absolute atomic E-state index is 0.246. The Morgan fingerprint density at radius 2 is 1.60 bits per heavy atom. The summed E-state index contributed by atoms with van der Waals surface area (Å²) in [5.41, 5.74) is 5.50. The normalized spacial score (nSPS) is 12.4. The van der Waals surface area contributed by atoms with Gasteiger partial charge >= 0.3 is 0 Å². The lowest BCUT2D eigenvalue weighted by atomic mass is 9.96. The second-order valence-corrected chi connectivity index (χ2v) is 5.55. The van der Waals surface area contributed by atoms with Gasteiger partial charge in [-0.05, 0) is 73.6 Å². The van der Waals surface area contributed by atoms with E-state index in [4.69, 9.17) is 0 Å². The lowest BCUT2D eigenvalue weighted by Gasteiger charge is -2.13. The topological polar surface area (TPSA) is 20.2 Å². The van der Waals surface area contributed by atoms with Gasteiger partial charge in [0.05, 0.1) is 6.10 Å². The van der Waals surface area contributed by atoms with Gasteiger partial charge in [-0.3, -0.25) is 0 Å². The number of benzene rings is 2. The van der Waals surface area contributed by atoms with Gasteiger partial charge in [-0.25, -0.2) is 4.39 Å². The predicted molar refractivity (Wildman–Crippen MR) is 80.5 cm³/mol. The third-order valence-corrected chi connectivity index (χ3v) is 3.81. The maximum Gasteiger partial charge on any atom is 0.123 e. The molecule has 0 fully saturated rings. The summed E-state index contributed by atoms with van der Waals surface area (Å²) in [6.45, 7) is 6.09. The van der Waals surface area contributed by atoms with Crippen LogP contribution < -0.4 is 0 Å². The van der Waals surface area contributed by atoms with Crippen LogP contribution in [0.2, 0.25) is 0 Å². The Morgan fingerprint density at radius 1 is 0.900 bits per heavy atom. The van der Waals surface area contributed by atoms with E-state index in [1.165, 1.54) is 23.3 Å². The van der Waals surface area contributed by atoms with Gasteiger partial charge in [-0.15, -0.1) is 0 Å². The fourth-order valence-electron chi connectivity index (χ4n) is 2.39. The van der Waals surface area contributed by atoms with Gasteiger partial charge in [0.1, 0.15) is 5.82 Å². The molecule has 0 amide bonds. The lowest BCUT2D eigenvalue weighted by molar-refractivity contribution is 0.175. The third-order valence-electron chi connectivity index (χ3n) is 3.81. The molecule has 2 heteroatoms. The van der Waals surface area contributed by atoms with Crippen LogP contribution in [0.5, 0.6) is 0 Å². The van der Waals surface area contributed by atoms with Crippen molar-refractivity contribution < 1.29 is 9.50 Å². The molecule has 2 aromatic rings. The molecule has 2 aromatic carbocycles. The summed E-state index contributed by atoms with van der Waals surface area (Å²) in [6.07, 6.45) is 0.589. The zero-order valence-electron chi connectivity index (χ0n) is 12.3. The fourth-order valence-corrected chi connectivity index (χ4v) is 2.39. The van der Waals surface area contributed by atoms with Crippen molar-refractivity contribution in [2.24, 2.45) is 0 Å². The Balaban J connectivity index is 2.06. The Hall–Kier alpha value is -1.67. The Labute approximate surface area is 120 Å². The van der Waals surface area contributed by atoms with E-state index in [9.17, 15) is 9.50 Å². The van der Waals surface area contributed by atoms with Crippen molar-refractivity contribution in [2.45, 2.75) is 39.7 Å². The molecule has 0 aliphatic heterocycles. The van der Waals surface area contributed by atoms with Crippen LogP contribution in [0.1, 0.15) is 27.8 Å². The molecule has 1 unspecified atom stereocenters. The van der Waals surface area contributed by atoms with Crippen LogP contribution in [0.4, 0.5) is 4.39 Å². The number of aliphatic hydroxyl groups excluding tert-OH is 1. The van der Waals surface area contributed by atoms with Crippen molar-refractivity contribution in [1.82, 2.24) is 0 Å². The molecular formula is C18H21FO. The molecule has 0 saturated heterocycles. The molecule has 0 heterocycles. The third kappa shape index (κ3) is 3.67. The van der Waals surface area contributed by atoms with Crippen LogP contribution in [-0.4, -0.2) is 11.2 Å². The summed E-state index contributed by atoms with van der Waals surface area (Å²) in [4.78, 5) is 0. The Bertz CT molecular complexity index is 604. The van der Waals surface area contributed by atoms with Crippen LogP contribution in [0.15, 0.2) is 36.4 Å². The van der Waals surface area contributed by atoms with Gasteiger partial charge in [0.15, 0.2) is 0 Å². The highest BCUT2D eigenvalue weighted by Crippen LogP contribution is 2.16. The quantitative estimate of drug-likeness (QED) is 0.895. The first-order valence-electron chi connectivity index (χ1n) is 6.95. The molecule has 0 radical (unpaired) electrons. The smallest absolute Gasteiger partial charge is 0.123 e. The zero-order chi connectivity index (χ0) is 14.7. The first kappa shape index (κ1) is 14.7. The average Bonchev–Trinajstić information content (AvgIpc) is 2.38. The van der Waals surface area contributed by atoms with Crippen molar-refractivity contribution >= 4 is 0 Å². The standard InChI is InChI=1S/C18H21FO/c1-12-4-6-15(8-14(12)3)9-18(20)11-16-10-17(19)7-5-13(16)2/h4-8,10,18,20H,9,11H2,1-3H3. The summed E-state index contributed by atoms with van der Waals surface area (Å²) in [6, 6.07) is 11.0. The zero-order valence-corrected chi connectivity index (χ0v) is 12.3. The molecule has 106 valence electrons. The minimum atomic E-state index is -0.488. The molecule has 0 aromatic heterocycles. The molecule has 0 spiro atoms. The molecule has 0 saturated carbocycles. The molecule has 1 N–H and O–H groups in total. The minimum Gasteiger partial charge on any atom is -0.392 e. The van der Waals surface area contributed by atoms with E-state index in [0.29, 0.717) is 12.8 Å². The van der Waals surface area contributed by atoms with Gasteiger partial charge in [0, 0.05) is 0 Å². The first-order chi connectivity index (χ1) is 9.45. The molecule has 20 heavy (non-hydrogen) atoms. The summed E-state index contributed by atoms with van der Waals surface area (Å²) >= 11 is 0. The van der Waals surface area contributed by atoms with Gasteiger partial charge in [0.2, 0.25) is 0 Å². The molecule has 2 rings (SSSR count). The van der Waals surface area contributed by atoms with Crippen molar-refractivity contribution in [3.05, 3.63) is 70.0 Å². The highest BCUT2D eigenvalue weighted by Gasteiger charge is 2.10. The second kappa shape index (κ2) is 6.19. The van der Waals surface area contributed by atoms with Crippen LogP contribution in [0.25, 0.3) is 0 Å². The molecular weight excluding hydrogens is 251 g/mol. The van der Waals surface area contributed by atoms with Gasteiger partial charge in [0.25, 0.3) is 0 Å². The van der Waals surface area contributed by atoms with E-state index >= 15 is 0 Å². The number of aryl methyl sites for hydroxylation is 3. The first-order valence-corrected chi connectivity index (χ1v) is 6.95. The molecule has 0 bridgehead atoms. The highest BCUT2D eigenvalue weighted by molar-refractivity contribution is 5.31. The largest absolute Gasteiger partial charge is 0.392 e. The van der Waals surface area contributed by atoms with E-state index in [2.05, 4.69) is 26.0 Å². The second-order valence-electron chi connectivity index (χ2n) is 5.55. The van der Waals surface area contributed by atoms with Crippen LogP contribution in [0.3, 0.4) is 0 Å². The molecule has 0 aliphatic carbocycles. The maximum atomic E-state index is 13.2. The highest BCUT2D eigenvalue weighted by atomic mass is 19.1. The molecule has 1 atom stereocenters. The summed E-state index contributed by atoms with van der Waals surface area (Å²) in [5, 5.41) is 10.2. The number of rotatable bonds is 4. The van der Waals surface area contributed by atoms with Gasteiger partial charge < -0.3 is 5.11 Å². The van der Waals surface area contributed by atoms with Crippen molar-refractivity contribution in [3.8, 4) is 0 Å². The summed E-state index contributed by atoms with van der Waals surface area (Å²) < 4.78 is 13.2. The van der Waals surface area contributed by atoms with E-state index in [1.54, 1.807) is 6.07 Å². The van der Waals surface area contributed by atoms with Crippen LogP contribution >= 0.6 is 0 Å². The van der Waals surface area contributed by atoms with Crippen molar-refractivity contribution in [1.29, 1.82) is 0 Å². The molecule has 0 aliphatic rings. The monoisotopic (exact) mass is 272 g/mol. The fraction of sp³-hybridized carbons (Fsp3) is 0.333. The number of aliphatic hydroxyl groups is 1. The maximum absolute atomic E-state index is 13.2. The van der Waals surface area contributed by atoms with Gasteiger partial charge in [-0.1, -0.05) is 24.3 Å². The van der Waals surface area contributed by atoms with E-state index < -0.39 is 6.10 Å². The average molecular weight is 272 g/mol. The van der Waals surface area contributed by atoms with E-state index in [0.717, 1.165) is 16.7 Å². The van der Waals surface area contributed by atoms with Gasteiger partial charge in [-0.2, -0.15) is 0 Å². The van der Waals surface area contributed by atoms with Crippen LogP contribution in [0, 0.1) is 26.6 Å². The Kier molecular flexibility index (Phi) is 4.56. The van der Waals surface area contributed by atoms with E-state index in [-0.39, 0.29) is 5.82 Å². The number of hydrogen-bond donors (Lipinski definition) is 1. The van der Waals surface area contributed by atoms with Crippen LogP contribution in [-0.2, 0) is 12.8 Å². The predicted octanol–water partition coefficient (Wildman–Crippen LogP) is 3.90. The summed E-state index contributed by atoms with van der Waals surface area (Å²) in [5.74, 6) is -0.246. The summed E-state index contributed by atoms with van der Waals surface area (Å²) in [7, 11) is 0. The van der Waals surface area contributed by atoms with Crippen molar-refractivity contribution in [3.63, 3.8) is 0 Å². The lowest BCUT2D eigenvalue weighted by Crippen LogP contribution is -2.15. The SMILES string of the molecule is Cc1ccc(CC(O)Cc2cc(F)ccc2C)cc1C. The van der Waals surface area contributed by atoms with E-state index in [1.807, 2.05) is 13.0 Å². The van der Waals surface area contributed by atoms with Crippen molar-refractivity contribution in [2.75, 3.05) is 0 Å².